The number of carbonyl (C=O) groups is 1. The van der Waals surface area contributed by atoms with E-state index in [4.69, 9.17) is 10.00 Å². The normalized spacial score (nSPS) is 10.5. The fourth-order valence-corrected chi connectivity index (χ4v) is 3.05. The molecule has 3 rings (SSSR count). The quantitative estimate of drug-likeness (QED) is 0.667. The Bertz CT molecular complexity index is 1070. The van der Waals surface area contributed by atoms with Crippen LogP contribution in [0.25, 0.3) is 5.69 Å². The van der Waals surface area contributed by atoms with Gasteiger partial charge in [0, 0.05) is 24.5 Å². The second kappa shape index (κ2) is 8.35. The minimum absolute atomic E-state index is 0.0891. The first-order valence-electron chi connectivity index (χ1n) is 8.86. The molecule has 7 heteroatoms. The van der Waals surface area contributed by atoms with Crippen molar-refractivity contribution in [1.29, 1.82) is 5.26 Å². The predicted octanol–water partition coefficient (Wildman–Crippen LogP) is 2.73. The number of hydrogen-bond acceptors (Lipinski definition) is 5. The van der Waals surface area contributed by atoms with E-state index in [1.807, 2.05) is 42.6 Å². The van der Waals surface area contributed by atoms with Crippen LogP contribution in [-0.2, 0) is 22.6 Å². The SMILES string of the molecule is Cc1[nH]c(=O)c(C#N)c(C)c1CCC(=O)OCc1ccc(-n2cccn2)cc1. The number of esters is 1. The van der Waals surface area contributed by atoms with E-state index in [1.165, 1.54) is 0 Å². The molecule has 0 aliphatic heterocycles. The van der Waals surface area contributed by atoms with Crippen molar-refractivity contribution in [2.24, 2.45) is 0 Å². The van der Waals surface area contributed by atoms with Gasteiger partial charge in [0.1, 0.15) is 18.2 Å². The third-order valence-corrected chi connectivity index (χ3v) is 4.60. The second-order valence-electron chi connectivity index (χ2n) is 6.45. The van der Waals surface area contributed by atoms with Crippen LogP contribution < -0.4 is 5.56 Å². The molecule has 28 heavy (non-hydrogen) atoms. The van der Waals surface area contributed by atoms with Gasteiger partial charge in [0.25, 0.3) is 5.56 Å². The van der Waals surface area contributed by atoms with Gasteiger partial charge < -0.3 is 9.72 Å². The van der Waals surface area contributed by atoms with Crippen molar-refractivity contribution < 1.29 is 9.53 Å². The molecule has 1 aromatic carbocycles. The van der Waals surface area contributed by atoms with E-state index in [-0.39, 0.29) is 24.6 Å². The summed E-state index contributed by atoms with van der Waals surface area (Å²) in [7, 11) is 0. The van der Waals surface area contributed by atoms with Crippen LogP contribution in [0.3, 0.4) is 0 Å². The summed E-state index contributed by atoms with van der Waals surface area (Å²) >= 11 is 0. The summed E-state index contributed by atoms with van der Waals surface area (Å²) in [5.74, 6) is -0.334. The molecule has 1 N–H and O–H groups in total. The first kappa shape index (κ1) is 19.1. The van der Waals surface area contributed by atoms with Crippen molar-refractivity contribution in [2.45, 2.75) is 33.3 Å². The number of aromatic amines is 1. The average Bonchev–Trinajstić information content (AvgIpc) is 3.21. The molecular formula is C21H20N4O3. The first-order valence-corrected chi connectivity index (χ1v) is 8.86. The minimum atomic E-state index is -0.401. The number of aryl methyl sites for hydroxylation is 1. The Morgan fingerprint density at radius 1 is 1.29 bits per heavy atom. The lowest BCUT2D eigenvalue weighted by molar-refractivity contribution is -0.144. The van der Waals surface area contributed by atoms with Crippen molar-refractivity contribution in [3.05, 3.63) is 81.0 Å². The number of aromatic nitrogens is 3. The molecular weight excluding hydrogens is 356 g/mol. The van der Waals surface area contributed by atoms with Gasteiger partial charge >= 0.3 is 5.97 Å². The van der Waals surface area contributed by atoms with Gasteiger partial charge in [0.15, 0.2) is 0 Å². The van der Waals surface area contributed by atoms with Crippen LogP contribution in [0, 0.1) is 25.2 Å². The Labute approximate surface area is 162 Å². The van der Waals surface area contributed by atoms with Crippen LogP contribution in [0.5, 0.6) is 0 Å². The van der Waals surface area contributed by atoms with E-state index in [0.717, 1.165) is 16.8 Å². The van der Waals surface area contributed by atoms with Gasteiger partial charge in [-0.25, -0.2) is 4.68 Å². The molecule has 0 aliphatic rings. The van der Waals surface area contributed by atoms with Crippen LogP contribution in [0.15, 0.2) is 47.5 Å². The van der Waals surface area contributed by atoms with E-state index in [1.54, 1.807) is 24.7 Å². The molecule has 3 aromatic rings. The van der Waals surface area contributed by atoms with Crippen molar-refractivity contribution in [3.8, 4) is 11.8 Å². The zero-order chi connectivity index (χ0) is 20.1. The van der Waals surface area contributed by atoms with Crippen LogP contribution in [0.4, 0.5) is 0 Å². The van der Waals surface area contributed by atoms with E-state index in [0.29, 0.717) is 17.7 Å². The largest absolute Gasteiger partial charge is 0.461 e. The Kier molecular flexibility index (Phi) is 5.70. The van der Waals surface area contributed by atoms with Gasteiger partial charge in [0.05, 0.1) is 5.69 Å². The highest BCUT2D eigenvalue weighted by atomic mass is 16.5. The van der Waals surface area contributed by atoms with E-state index >= 15 is 0 Å². The van der Waals surface area contributed by atoms with Gasteiger partial charge in [-0.3, -0.25) is 9.59 Å². The lowest BCUT2D eigenvalue weighted by atomic mass is 9.99. The zero-order valence-corrected chi connectivity index (χ0v) is 15.7. The maximum Gasteiger partial charge on any atom is 0.306 e. The lowest BCUT2D eigenvalue weighted by Crippen LogP contribution is -2.17. The summed E-state index contributed by atoms with van der Waals surface area (Å²) < 4.78 is 7.09. The summed E-state index contributed by atoms with van der Waals surface area (Å²) in [6.45, 7) is 3.67. The number of H-pyrrole nitrogens is 1. The fraction of sp³-hybridized carbons (Fsp3) is 0.238. The smallest absolute Gasteiger partial charge is 0.306 e. The predicted molar refractivity (Wildman–Crippen MR) is 103 cm³/mol. The molecule has 2 heterocycles. The summed E-state index contributed by atoms with van der Waals surface area (Å²) in [6, 6.07) is 11.4. The zero-order valence-electron chi connectivity index (χ0n) is 15.7. The average molecular weight is 376 g/mol. The number of rotatable bonds is 6. The fourth-order valence-electron chi connectivity index (χ4n) is 3.05. The van der Waals surface area contributed by atoms with Crippen LogP contribution in [0.1, 0.15) is 34.4 Å². The maximum atomic E-state index is 12.1. The van der Waals surface area contributed by atoms with Gasteiger partial charge in [-0.1, -0.05) is 12.1 Å². The molecule has 0 atom stereocenters. The molecule has 0 bridgehead atoms. The third kappa shape index (κ3) is 4.18. The molecule has 0 unspecified atom stereocenters. The summed E-state index contributed by atoms with van der Waals surface area (Å²) in [5.41, 5.74) is 3.59. The van der Waals surface area contributed by atoms with Gasteiger partial charge in [-0.2, -0.15) is 10.4 Å². The number of ether oxygens (including phenoxy) is 1. The number of carbonyl (C=O) groups excluding carboxylic acids is 1. The molecule has 7 nitrogen and oxygen atoms in total. The first-order chi connectivity index (χ1) is 13.5. The number of hydrogen-bond donors (Lipinski definition) is 1. The molecule has 0 fully saturated rings. The summed E-state index contributed by atoms with van der Waals surface area (Å²) in [4.78, 5) is 26.5. The van der Waals surface area contributed by atoms with Crippen molar-refractivity contribution >= 4 is 5.97 Å². The van der Waals surface area contributed by atoms with E-state index < -0.39 is 5.56 Å². The molecule has 0 amide bonds. The Balaban J connectivity index is 1.57. The van der Waals surface area contributed by atoms with Crippen molar-refractivity contribution in [1.82, 2.24) is 14.8 Å². The highest BCUT2D eigenvalue weighted by Crippen LogP contribution is 2.16. The highest BCUT2D eigenvalue weighted by Gasteiger charge is 2.14. The van der Waals surface area contributed by atoms with Crippen LogP contribution >= 0.6 is 0 Å². The highest BCUT2D eigenvalue weighted by molar-refractivity contribution is 5.70. The van der Waals surface area contributed by atoms with Gasteiger partial charge in [-0.05, 0) is 55.2 Å². The van der Waals surface area contributed by atoms with Gasteiger partial charge in [0.2, 0.25) is 0 Å². The number of pyridine rings is 1. The molecule has 142 valence electrons. The molecule has 2 aromatic heterocycles. The minimum Gasteiger partial charge on any atom is -0.461 e. The number of benzene rings is 1. The van der Waals surface area contributed by atoms with Crippen molar-refractivity contribution in [2.75, 3.05) is 0 Å². The Hall–Kier alpha value is -3.66. The summed E-state index contributed by atoms with van der Waals surface area (Å²) in [6.07, 6.45) is 4.14. The van der Waals surface area contributed by atoms with Crippen LogP contribution in [0.2, 0.25) is 0 Å². The third-order valence-electron chi connectivity index (χ3n) is 4.60. The summed E-state index contributed by atoms with van der Waals surface area (Å²) in [5, 5.41) is 13.3. The van der Waals surface area contributed by atoms with Crippen LogP contribution in [-0.4, -0.2) is 20.7 Å². The monoisotopic (exact) mass is 376 g/mol. The van der Waals surface area contributed by atoms with E-state index in [2.05, 4.69) is 10.1 Å². The molecule has 0 saturated carbocycles. The van der Waals surface area contributed by atoms with E-state index in [9.17, 15) is 9.59 Å². The Morgan fingerprint density at radius 3 is 2.68 bits per heavy atom. The lowest BCUT2D eigenvalue weighted by Gasteiger charge is -2.11. The number of nitriles is 1. The van der Waals surface area contributed by atoms with Gasteiger partial charge in [-0.15, -0.1) is 0 Å². The molecule has 0 radical (unpaired) electrons. The molecule has 0 aliphatic carbocycles. The maximum absolute atomic E-state index is 12.1. The molecule has 0 spiro atoms. The number of nitrogens with zero attached hydrogens (tertiary/aromatic N) is 3. The topological polar surface area (TPSA) is 101 Å². The second-order valence-corrected chi connectivity index (χ2v) is 6.45. The van der Waals surface area contributed by atoms with Crippen molar-refractivity contribution in [3.63, 3.8) is 0 Å². The Morgan fingerprint density at radius 2 is 2.04 bits per heavy atom. The standard InChI is InChI=1S/C21H20N4O3/c1-14-18(15(2)24-21(27)19(14)12-22)8-9-20(26)28-13-16-4-6-17(7-5-16)25-11-3-10-23-25/h3-7,10-11H,8-9,13H2,1-2H3,(H,24,27). The number of nitrogens with one attached hydrogen (secondary N) is 1. The molecule has 0 saturated heterocycles.